The first-order chi connectivity index (χ1) is 24.8. The summed E-state index contributed by atoms with van der Waals surface area (Å²) in [7, 11) is 0. The molecule has 0 radical (unpaired) electrons. The van der Waals surface area contributed by atoms with Crippen LogP contribution in [0.3, 0.4) is 0 Å². The Hall–Kier alpha value is 0.140. The Balaban J connectivity index is 1.60. The average Bonchev–Trinajstić information content (AvgIpc) is 3.12. The largest absolute Gasteiger partial charge is 0.493 e. The Bertz CT molecular complexity index is 1190. The summed E-state index contributed by atoms with van der Waals surface area (Å²) < 4.78 is 14.0. The lowest BCUT2D eigenvalue weighted by molar-refractivity contribution is 0.276. The summed E-state index contributed by atoms with van der Waals surface area (Å²) >= 11 is 16.9. The Kier molecular flexibility index (Phi) is 20.6. The van der Waals surface area contributed by atoms with Crippen molar-refractivity contribution >= 4 is 72.3 Å². The van der Waals surface area contributed by atoms with E-state index in [-0.39, 0.29) is 10.8 Å². The third kappa shape index (κ3) is 14.3. The second-order valence-corrected chi connectivity index (χ2v) is 21.1. The van der Waals surface area contributed by atoms with Gasteiger partial charge in [0.2, 0.25) is 0 Å². The summed E-state index contributed by atoms with van der Waals surface area (Å²) in [5, 5.41) is 0. The van der Waals surface area contributed by atoms with Gasteiger partial charge in [-0.3, -0.25) is 0 Å². The molecule has 0 aromatic heterocycles. The van der Waals surface area contributed by atoms with Crippen LogP contribution in [0.2, 0.25) is 0 Å². The quantitative estimate of drug-likeness (QED) is 0.0807. The highest BCUT2D eigenvalue weighted by Crippen LogP contribution is 2.48. The number of benzene rings is 2. The predicted molar refractivity (Wildman–Crippen MR) is 243 cm³/mol. The molecule has 8 heteroatoms. The molecule has 0 N–H and O–H groups in total. The van der Waals surface area contributed by atoms with Gasteiger partial charge in [0.05, 0.1) is 13.2 Å². The first-order valence-corrected chi connectivity index (χ1v) is 25.7. The third-order valence-corrected chi connectivity index (χ3v) is 16.5. The summed E-state index contributed by atoms with van der Waals surface area (Å²) in [6.45, 7) is 11.2. The monoisotopic (exact) mass is 808 g/mol. The van der Waals surface area contributed by atoms with Gasteiger partial charge in [0.15, 0.2) is 0 Å². The van der Waals surface area contributed by atoms with Crippen molar-refractivity contribution in [3.05, 3.63) is 57.6 Å². The van der Waals surface area contributed by atoms with Crippen LogP contribution in [0.1, 0.15) is 124 Å². The number of hydrogen-bond donors (Lipinski definition) is 2. The second-order valence-electron chi connectivity index (χ2n) is 15.3. The van der Waals surface area contributed by atoms with Crippen LogP contribution in [0.4, 0.5) is 0 Å². The summed E-state index contributed by atoms with van der Waals surface area (Å²) in [6, 6.07) is 9.78. The standard InChI is InChI=1S/C43H68O2S6/c1-34-29-36(40(38(31-34)42(3)13-7-5-8-14-42)44-17-11-21-48-25-27-50-23-19-46)33-37-30-35(2)32-39(43(4)15-9-6-10-16-43)41(37)45-18-12-22-49-26-28-51-24-20-47/h29-32,46-47H,5-28,33H2,1-4H3. The maximum atomic E-state index is 6.98. The lowest BCUT2D eigenvalue weighted by Crippen LogP contribution is -2.27. The third-order valence-electron chi connectivity index (χ3n) is 10.8. The predicted octanol–water partition coefficient (Wildman–Crippen LogP) is 12.7. The molecule has 51 heavy (non-hydrogen) atoms. The van der Waals surface area contributed by atoms with E-state index in [0.29, 0.717) is 0 Å². The normalized spacial score (nSPS) is 17.1. The Morgan fingerprint density at radius 1 is 0.529 bits per heavy atom. The molecule has 2 nitrogen and oxygen atoms in total. The molecule has 0 spiro atoms. The minimum atomic E-state index is 0.170. The van der Waals surface area contributed by atoms with Crippen LogP contribution in [0.15, 0.2) is 24.3 Å². The van der Waals surface area contributed by atoms with Crippen molar-refractivity contribution in [2.75, 3.05) is 70.7 Å². The van der Waals surface area contributed by atoms with Crippen LogP contribution >= 0.6 is 72.3 Å². The molecule has 0 aliphatic heterocycles. The van der Waals surface area contributed by atoms with E-state index in [0.717, 1.165) is 67.0 Å². The van der Waals surface area contributed by atoms with Crippen LogP contribution < -0.4 is 9.47 Å². The minimum Gasteiger partial charge on any atom is -0.493 e. The molecule has 2 aromatic carbocycles. The lowest BCUT2D eigenvalue weighted by atomic mass is 9.69. The number of aryl methyl sites for hydroxylation is 2. The molecule has 0 amide bonds. The molecule has 0 bridgehead atoms. The fraction of sp³-hybridized carbons (Fsp3) is 0.721. The SMILES string of the molecule is Cc1cc(Cc2cc(C)cc(C3(C)CCCCC3)c2OCCCSCCSCCS)c(OCCCSCCSCCS)c(C2(C)CCCCC2)c1. The van der Waals surface area contributed by atoms with Gasteiger partial charge in [0.25, 0.3) is 0 Å². The van der Waals surface area contributed by atoms with Gasteiger partial charge in [0, 0.05) is 52.1 Å². The summed E-state index contributed by atoms with van der Waals surface area (Å²) in [5.41, 5.74) is 8.64. The molecule has 4 rings (SSSR count). The highest BCUT2D eigenvalue weighted by Gasteiger charge is 2.35. The molecule has 2 fully saturated rings. The van der Waals surface area contributed by atoms with Gasteiger partial charge in [-0.05, 0) is 97.3 Å². The maximum absolute atomic E-state index is 6.98. The van der Waals surface area contributed by atoms with Crippen LogP contribution in [-0.2, 0) is 17.3 Å². The minimum absolute atomic E-state index is 0.170. The molecule has 0 unspecified atom stereocenters. The molecule has 0 saturated heterocycles. The van der Waals surface area contributed by atoms with Gasteiger partial charge in [-0.25, -0.2) is 0 Å². The fourth-order valence-corrected chi connectivity index (χ4v) is 12.4. The Labute approximate surface area is 341 Å². The van der Waals surface area contributed by atoms with Gasteiger partial charge in [-0.1, -0.05) is 87.8 Å². The van der Waals surface area contributed by atoms with Crippen LogP contribution in [0.5, 0.6) is 11.5 Å². The highest BCUT2D eigenvalue weighted by molar-refractivity contribution is 8.03. The number of ether oxygens (including phenoxy) is 2. The number of rotatable bonds is 24. The number of hydrogen-bond acceptors (Lipinski definition) is 8. The van der Waals surface area contributed by atoms with Gasteiger partial charge >= 0.3 is 0 Å². The highest BCUT2D eigenvalue weighted by atomic mass is 32.2. The summed E-state index contributed by atoms with van der Waals surface area (Å²) in [6.07, 6.45) is 16.0. The van der Waals surface area contributed by atoms with E-state index in [1.807, 2.05) is 23.5 Å². The Morgan fingerprint density at radius 3 is 1.27 bits per heavy atom. The van der Waals surface area contributed by atoms with Crippen molar-refractivity contribution in [2.45, 2.75) is 122 Å². The van der Waals surface area contributed by atoms with Gasteiger partial charge in [-0.2, -0.15) is 72.3 Å². The fourth-order valence-electron chi connectivity index (χ4n) is 8.05. The molecule has 0 heterocycles. The van der Waals surface area contributed by atoms with Crippen LogP contribution in [0.25, 0.3) is 0 Å². The van der Waals surface area contributed by atoms with Crippen LogP contribution in [0, 0.1) is 13.8 Å². The first-order valence-electron chi connectivity index (χ1n) is 19.9. The van der Waals surface area contributed by atoms with Gasteiger partial charge in [0.1, 0.15) is 11.5 Å². The van der Waals surface area contributed by atoms with E-state index in [9.17, 15) is 0 Å². The maximum Gasteiger partial charge on any atom is 0.126 e. The Morgan fingerprint density at radius 2 is 0.902 bits per heavy atom. The zero-order valence-electron chi connectivity index (χ0n) is 32.3. The second kappa shape index (κ2) is 23.9. The van der Waals surface area contributed by atoms with E-state index < -0.39 is 0 Å². The van der Waals surface area contributed by atoms with Crippen molar-refractivity contribution in [2.24, 2.45) is 0 Å². The molecular weight excluding hydrogens is 741 g/mol. The summed E-state index contributed by atoms with van der Waals surface area (Å²) in [5.74, 6) is 13.7. The molecule has 288 valence electrons. The molecular formula is C43H68O2S6. The number of thioether (sulfide) groups is 4. The van der Waals surface area contributed by atoms with Gasteiger partial charge in [-0.15, -0.1) is 0 Å². The van der Waals surface area contributed by atoms with Crippen molar-refractivity contribution < 1.29 is 9.47 Å². The van der Waals surface area contributed by atoms with Crippen molar-refractivity contribution in [1.82, 2.24) is 0 Å². The topological polar surface area (TPSA) is 18.5 Å². The van der Waals surface area contributed by atoms with Gasteiger partial charge < -0.3 is 9.47 Å². The molecule has 2 aromatic rings. The zero-order chi connectivity index (χ0) is 36.4. The van der Waals surface area contributed by atoms with E-state index in [1.165, 1.54) is 132 Å². The van der Waals surface area contributed by atoms with E-state index in [4.69, 9.17) is 9.47 Å². The zero-order valence-corrected chi connectivity index (χ0v) is 37.4. The van der Waals surface area contributed by atoms with E-state index in [1.54, 1.807) is 0 Å². The van der Waals surface area contributed by atoms with E-state index >= 15 is 0 Å². The van der Waals surface area contributed by atoms with Crippen molar-refractivity contribution in [3.8, 4) is 11.5 Å². The average molecular weight is 809 g/mol. The molecule has 0 atom stereocenters. The van der Waals surface area contributed by atoms with Crippen LogP contribution in [-0.4, -0.2) is 70.7 Å². The van der Waals surface area contributed by atoms with Crippen molar-refractivity contribution in [1.29, 1.82) is 0 Å². The molecule has 2 aliphatic rings. The smallest absolute Gasteiger partial charge is 0.126 e. The first kappa shape index (κ1) is 43.9. The molecule has 2 saturated carbocycles. The number of thiol groups is 2. The lowest BCUT2D eigenvalue weighted by Gasteiger charge is -2.37. The van der Waals surface area contributed by atoms with E-state index in [2.05, 4.69) is 101 Å². The van der Waals surface area contributed by atoms with Crippen molar-refractivity contribution in [3.63, 3.8) is 0 Å². The summed E-state index contributed by atoms with van der Waals surface area (Å²) in [4.78, 5) is 0. The molecule has 2 aliphatic carbocycles.